The van der Waals surface area contributed by atoms with Crippen LogP contribution in [0.2, 0.25) is 5.02 Å². The Kier molecular flexibility index (Phi) is 6.66. The average molecular weight is 339 g/mol. The zero-order valence-corrected chi connectivity index (χ0v) is 14.3. The first-order valence-electron chi connectivity index (χ1n) is 7.25. The second-order valence-corrected chi connectivity index (χ2v) is 6.71. The van der Waals surface area contributed by atoms with Crippen molar-refractivity contribution in [3.63, 3.8) is 0 Å². The van der Waals surface area contributed by atoms with Gasteiger partial charge in [0.2, 0.25) is 0 Å². The van der Waals surface area contributed by atoms with E-state index in [1.807, 2.05) is 50.2 Å². The molecule has 2 aromatic carbocycles. The van der Waals surface area contributed by atoms with Crippen molar-refractivity contribution in [2.45, 2.75) is 19.5 Å². The molecule has 0 fully saturated rings. The molecular formula is C17H20ClO3P. The SMILES string of the molecule is CCOP(OCC)C(c1ccc(O)cc1)c1ccc(Cl)cc1. The van der Waals surface area contributed by atoms with E-state index in [4.69, 9.17) is 20.6 Å². The minimum absolute atomic E-state index is 0.0206. The third-order valence-electron chi connectivity index (χ3n) is 3.12. The summed E-state index contributed by atoms with van der Waals surface area (Å²) >= 11 is 5.99. The van der Waals surface area contributed by atoms with Gasteiger partial charge in [-0.05, 0) is 49.2 Å². The predicted molar refractivity (Wildman–Crippen MR) is 91.6 cm³/mol. The summed E-state index contributed by atoms with van der Waals surface area (Å²) in [5, 5.41) is 10.2. The van der Waals surface area contributed by atoms with E-state index < -0.39 is 8.38 Å². The van der Waals surface area contributed by atoms with E-state index in [2.05, 4.69) is 0 Å². The molecule has 2 rings (SSSR count). The fraction of sp³-hybridized carbons (Fsp3) is 0.294. The highest BCUT2D eigenvalue weighted by Crippen LogP contribution is 2.56. The highest BCUT2D eigenvalue weighted by Gasteiger charge is 2.27. The van der Waals surface area contributed by atoms with Crippen molar-refractivity contribution in [2.75, 3.05) is 13.2 Å². The summed E-state index contributed by atoms with van der Waals surface area (Å²) in [4.78, 5) is 0. The summed E-state index contributed by atoms with van der Waals surface area (Å²) in [6.45, 7) is 5.11. The van der Waals surface area contributed by atoms with Crippen LogP contribution in [0.4, 0.5) is 0 Å². The third-order valence-corrected chi connectivity index (χ3v) is 5.41. The van der Waals surface area contributed by atoms with Crippen molar-refractivity contribution < 1.29 is 14.2 Å². The van der Waals surface area contributed by atoms with Gasteiger partial charge in [0, 0.05) is 5.02 Å². The number of hydrogen-bond acceptors (Lipinski definition) is 3. The van der Waals surface area contributed by atoms with Crippen LogP contribution in [0.5, 0.6) is 5.75 Å². The number of phenols is 1. The summed E-state index contributed by atoms with van der Waals surface area (Å²) in [5.41, 5.74) is 2.11. The lowest BCUT2D eigenvalue weighted by Crippen LogP contribution is -2.04. The van der Waals surface area contributed by atoms with E-state index in [1.54, 1.807) is 12.1 Å². The Morgan fingerprint density at radius 1 is 0.909 bits per heavy atom. The fourth-order valence-electron chi connectivity index (χ4n) is 2.18. The van der Waals surface area contributed by atoms with Crippen molar-refractivity contribution in [3.05, 3.63) is 64.7 Å². The minimum atomic E-state index is -1.12. The van der Waals surface area contributed by atoms with Gasteiger partial charge in [-0.2, -0.15) is 0 Å². The van der Waals surface area contributed by atoms with Gasteiger partial charge in [-0.25, -0.2) is 0 Å². The Morgan fingerprint density at radius 2 is 1.36 bits per heavy atom. The normalized spacial score (nSPS) is 12.5. The Hall–Kier alpha value is -1.12. The Balaban J connectivity index is 2.42. The molecule has 0 bridgehead atoms. The van der Waals surface area contributed by atoms with Crippen LogP contribution >= 0.6 is 20.0 Å². The van der Waals surface area contributed by atoms with Gasteiger partial charge in [0.25, 0.3) is 0 Å². The van der Waals surface area contributed by atoms with Crippen molar-refractivity contribution in [2.24, 2.45) is 0 Å². The molecule has 0 saturated heterocycles. The highest BCUT2D eigenvalue weighted by atomic mass is 35.5. The molecule has 118 valence electrons. The third kappa shape index (κ3) is 4.44. The predicted octanol–water partition coefficient (Wildman–Crippen LogP) is 5.52. The van der Waals surface area contributed by atoms with Crippen LogP contribution in [0.1, 0.15) is 30.6 Å². The zero-order chi connectivity index (χ0) is 15.9. The number of aromatic hydroxyl groups is 1. The molecule has 0 aliphatic rings. The molecule has 5 heteroatoms. The van der Waals surface area contributed by atoms with Gasteiger partial charge >= 0.3 is 0 Å². The van der Waals surface area contributed by atoms with Gasteiger partial charge in [-0.15, -0.1) is 0 Å². The monoisotopic (exact) mass is 338 g/mol. The zero-order valence-electron chi connectivity index (χ0n) is 12.7. The molecule has 0 spiro atoms. The van der Waals surface area contributed by atoms with Crippen LogP contribution in [0, 0.1) is 0 Å². The van der Waals surface area contributed by atoms with E-state index in [1.165, 1.54) is 0 Å². The molecule has 2 aromatic rings. The topological polar surface area (TPSA) is 38.7 Å². The summed E-state index contributed by atoms with van der Waals surface area (Å²) in [5.74, 6) is 0.246. The van der Waals surface area contributed by atoms with Gasteiger partial charge in [0.05, 0.1) is 18.9 Å². The van der Waals surface area contributed by atoms with Crippen molar-refractivity contribution in [1.29, 1.82) is 0 Å². The van der Waals surface area contributed by atoms with Gasteiger partial charge in [0.1, 0.15) is 5.75 Å². The maximum Gasteiger partial charge on any atom is 0.183 e. The lowest BCUT2D eigenvalue weighted by atomic mass is 10.0. The van der Waals surface area contributed by atoms with Gasteiger partial charge in [-0.3, -0.25) is 0 Å². The standard InChI is InChI=1S/C17H20ClO3P/c1-3-20-22(21-4-2)17(13-5-9-15(18)10-6-13)14-7-11-16(19)12-8-14/h5-12,17,19H,3-4H2,1-2H3. The van der Waals surface area contributed by atoms with E-state index in [-0.39, 0.29) is 11.4 Å². The van der Waals surface area contributed by atoms with Crippen molar-refractivity contribution in [3.8, 4) is 5.75 Å². The fourth-order valence-corrected chi connectivity index (χ4v) is 4.02. The van der Waals surface area contributed by atoms with E-state index in [9.17, 15) is 5.11 Å². The minimum Gasteiger partial charge on any atom is -0.508 e. The molecule has 0 aliphatic carbocycles. The lowest BCUT2D eigenvalue weighted by molar-refractivity contribution is 0.265. The molecule has 1 unspecified atom stereocenters. The van der Waals surface area contributed by atoms with Gasteiger partial charge in [-0.1, -0.05) is 35.9 Å². The molecule has 0 heterocycles. The lowest BCUT2D eigenvalue weighted by Gasteiger charge is -2.26. The van der Waals surface area contributed by atoms with Gasteiger partial charge in [0.15, 0.2) is 8.38 Å². The molecule has 0 aromatic heterocycles. The second-order valence-electron chi connectivity index (χ2n) is 4.67. The van der Waals surface area contributed by atoms with Crippen LogP contribution in [-0.4, -0.2) is 18.3 Å². The summed E-state index contributed by atoms with van der Waals surface area (Å²) in [6.07, 6.45) is 0. The molecule has 1 N–H and O–H groups in total. The number of halogens is 1. The summed E-state index contributed by atoms with van der Waals surface area (Å²) in [6, 6.07) is 14.9. The van der Waals surface area contributed by atoms with Crippen molar-refractivity contribution >= 4 is 20.0 Å². The Bertz CT molecular complexity index is 520. The van der Waals surface area contributed by atoms with Crippen LogP contribution in [0.15, 0.2) is 48.5 Å². The maximum atomic E-state index is 9.52. The van der Waals surface area contributed by atoms with E-state index in [0.717, 1.165) is 11.1 Å². The van der Waals surface area contributed by atoms with Crippen molar-refractivity contribution in [1.82, 2.24) is 0 Å². The summed E-state index contributed by atoms with van der Waals surface area (Å²) < 4.78 is 11.7. The number of phenolic OH excluding ortho intramolecular Hbond substituents is 1. The first kappa shape index (κ1) is 17.2. The highest BCUT2D eigenvalue weighted by molar-refractivity contribution is 7.48. The number of benzene rings is 2. The van der Waals surface area contributed by atoms with Crippen LogP contribution in [0.3, 0.4) is 0 Å². The van der Waals surface area contributed by atoms with Crippen LogP contribution in [-0.2, 0) is 9.05 Å². The van der Waals surface area contributed by atoms with Gasteiger partial charge < -0.3 is 14.2 Å². The van der Waals surface area contributed by atoms with E-state index >= 15 is 0 Å². The van der Waals surface area contributed by atoms with Crippen LogP contribution < -0.4 is 0 Å². The second kappa shape index (κ2) is 8.50. The Labute approximate surface area is 137 Å². The molecule has 22 heavy (non-hydrogen) atoms. The quantitative estimate of drug-likeness (QED) is 0.675. The molecule has 0 radical (unpaired) electrons. The van der Waals surface area contributed by atoms with E-state index in [0.29, 0.717) is 18.2 Å². The molecular weight excluding hydrogens is 319 g/mol. The molecule has 3 nitrogen and oxygen atoms in total. The maximum absolute atomic E-state index is 9.52. The molecule has 1 atom stereocenters. The number of rotatable bonds is 7. The number of hydrogen-bond donors (Lipinski definition) is 1. The largest absolute Gasteiger partial charge is 0.508 e. The molecule has 0 amide bonds. The first-order valence-corrected chi connectivity index (χ1v) is 8.87. The molecule has 0 aliphatic heterocycles. The van der Waals surface area contributed by atoms with Crippen LogP contribution in [0.25, 0.3) is 0 Å². The smallest absolute Gasteiger partial charge is 0.183 e. The molecule has 0 saturated carbocycles. The first-order chi connectivity index (χ1) is 10.7. The average Bonchev–Trinajstić information content (AvgIpc) is 2.52. The summed E-state index contributed by atoms with van der Waals surface area (Å²) in [7, 11) is -1.12. The Morgan fingerprint density at radius 3 is 1.82 bits per heavy atom.